The summed E-state index contributed by atoms with van der Waals surface area (Å²) in [6.07, 6.45) is -0.332. The molecule has 0 radical (unpaired) electrons. The van der Waals surface area contributed by atoms with Crippen molar-refractivity contribution < 1.29 is 18.3 Å². The molecule has 1 aliphatic heterocycles. The number of aromatic nitrogens is 1. The first kappa shape index (κ1) is 15.0. The lowest BCUT2D eigenvalue weighted by atomic mass is 10.0. The van der Waals surface area contributed by atoms with Crippen LogP contribution in [0, 0.1) is 0 Å². The number of alkyl halides is 3. The van der Waals surface area contributed by atoms with Crippen LogP contribution in [0.2, 0.25) is 0 Å². The molecule has 0 saturated heterocycles. The molecule has 110 valence electrons. The number of nitrogens with zero attached hydrogens (tertiary/aromatic N) is 2. The van der Waals surface area contributed by atoms with E-state index in [4.69, 9.17) is 0 Å². The van der Waals surface area contributed by atoms with Gasteiger partial charge in [0.05, 0.1) is 5.69 Å². The molecule has 1 atom stereocenters. The zero-order valence-electron chi connectivity index (χ0n) is 11.2. The molecule has 0 fully saturated rings. The van der Waals surface area contributed by atoms with E-state index in [1.165, 1.54) is 0 Å². The van der Waals surface area contributed by atoms with Crippen molar-refractivity contribution in [1.29, 1.82) is 0 Å². The zero-order valence-corrected chi connectivity index (χ0v) is 11.2. The third-order valence-corrected chi connectivity index (χ3v) is 3.37. The highest BCUT2D eigenvalue weighted by molar-refractivity contribution is 5.64. The average Bonchev–Trinajstić information content (AvgIpc) is 2.38. The Morgan fingerprint density at radius 1 is 1.35 bits per heavy atom. The highest BCUT2D eigenvalue weighted by atomic mass is 19.4. The van der Waals surface area contributed by atoms with E-state index in [1.807, 2.05) is 18.2 Å². The molecule has 1 aromatic rings. The molecule has 0 amide bonds. The van der Waals surface area contributed by atoms with Crippen molar-refractivity contribution in [3.8, 4) is 0 Å². The molecular formula is C14H17F3N2O. The van der Waals surface area contributed by atoms with Crippen molar-refractivity contribution in [3.63, 3.8) is 0 Å². The van der Waals surface area contributed by atoms with Gasteiger partial charge >= 0.3 is 6.18 Å². The smallest absolute Gasteiger partial charge is 0.380 e. The molecule has 0 aromatic carbocycles. The lowest BCUT2D eigenvalue weighted by molar-refractivity contribution is -0.257. The first-order valence-corrected chi connectivity index (χ1v) is 6.41. The minimum atomic E-state index is -4.63. The molecule has 0 bridgehead atoms. The SMILES string of the molecule is CC(O)(CN1CCC=C(c2ccccn2)C1)C(F)(F)F. The van der Waals surface area contributed by atoms with E-state index in [1.54, 1.807) is 17.2 Å². The fourth-order valence-corrected chi connectivity index (χ4v) is 2.20. The minimum Gasteiger partial charge on any atom is -0.380 e. The van der Waals surface area contributed by atoms with Gasteiger partial charge in [0, 0.05) is 25.8 Å². The Labute approximate surface area is 115 Å². The van der Waals surface area contributed by atoms with Crippen molar-refractivity contribution in [1.82, 2.24) is 9.88 Å². The van der Waals surface area contributed by atoms with Crippen LogP contribution in [0.4, 0.5) is 13.2 Å². The summed E-state index contributed by atoms with van der Waals surface area (Å²) in [5, 5.41) is 9.56. The summed E-state index contributed by atoms with van der Waals surface area (Å²) in [5.74, 6) is 0. The number of hydrogen-bond acceptors (Lipinski definition) is 3. The Hall–Kier alpha value is -1.40. The second-order valence-electron chi connectivity index (χ2n) is 5.22. The normalized spacial score (nSPS) is 20.4. The van der Waals surface area contributed by atoms with Gasteiger partial charge in [0.15, 0.2) is 5.60 Å². The Balaban J connectivity index is 2.06. The fourth-order valence-electron chi connectivity index (χ4n) is 2.20. The van der Waals surface area contributed by atoms with Crippen LogP contribution in [-0.4, -0.2) is 46.4 Å². The van der Waals surface area contributed by atoms with E-state index in [2.05, 4.69) is 4.98 Å². The van der Waals surface area contributed by atoms with Crippen molar-refractivity contribution in [3.05, 3.63) is 36.2 Å². The van der Waals surface area contributed by atoms with Gasteiger partial charge < -0.3 is 5.11 Å². The summed E-state index contributed by atoms with van der Waals surface area (Å²) in [5.41, 5.74) is -1.03. The second kappa shape index (κ2) is 5.54. The van der Waals surface area contributed by atoms with E-state index in [0.717, 1.165) is 18.2 Å². The number of aliphatic hydroxyl groups is 1. The predicted octanol–water partition coefficient (Wildman–Crippen LogP) is 2.48. The number of halogens is 3. The molecule has 6 heteroatoms. The number of pyridine rings is 1. The largest absolute Gasteiger partial charge is 0.418 e. The maximum atomic E-state index is 12.7. The molecule has 1 N–H and O–H groups in total. The number of β-amino-alcohol motifs (C(OH)–C–C–N with tert-alkyl or cyclic N) is 1. The average molecular weight is 286 g/mol. The van der Waals surface area contributed by atoms with Gasteiger partial charge in [0.2, 0.25) is 0 Å². The maximum absolute atomic E-state index is 12.7. The first-order valence-electron chi connectivity index (χ1n) is 6.41. The summed E-state index contributed by atoms with van der Waals surface area (Å²) in [7, 11) is 0. The van der Waals surface area contributed by atoms with Crippen LogP contribution >= 0.6 is 0 Å². The van der Waals surface area contributed by atoms with E-state index < -0.39 is 18.3 Å². The van der Waals surface area contributed by atoms with Gasteiger partial charge in [-0.2, -0.15) is 13.2 Å². The van der Waals surface area contributed by atoms with E-state index >= 15 is 0 Å². The van der Waals surface area contributed by atoms with Gasteiger partial charge in [0.25, 0.3) is 0 Å². The van der Waals surface area contributed by atoms with Crippen LogP contribution in [-0.2, 0) is 0 Å². The molecule has 1 unspecified atom stereocenters. The standard InChI is InChI=1S/C14H17F3N2O/c1-13(20,14(15,16)17)10-19-8-4-5-11(9-19)12-6-2-3-7-18-12/h2-3,5-7,20H,4,8-10H2,1H3. The molecule has 0 saturated carbocycles. The van der Waals surface area contributed by atoms with Crippen LogP contribution in [0.1, 0.15) is 19.0 Å². The van der Waals surface area contributed by atoms with Crippen LogP contribution in [0.5, 0.6) is 0 Å². The van der Waals surface area contributed by atoms with Gasteiger partial charge in [-0.05, 0) is 31.1 Å². The molecule has 0 spiro atoms. The molecule has 1 aromatic heterocycles. The lowest BCUT2D eigenvalue weighted by Gasteiger charge is -2.34. The Morgan fingerprint density at radius 2 is 2.10 bits per heavy atom. The first-order chi connectivity index (χ1) is 9.29. The van der Waals surface area contributed by atoms with E-state index in [-0.39, 0.29) is 0 Å². The highest BCUT2D eigenvalue weighted by Crippen LogP contribution is 2.31. The summed E-state index contributed by atoms with van der Waals surface area (Å²) < 4.78 is 38.1. The monoisotopic (exact) mass is 286 g/mol. The van der Waals surface area contributed by atoms with E-state index in [9.17, 15) is 18.3 Å². The van der Waals surface area contributed by atoms with Gasteiger partial charge in [-0.3, -0.25) is 9.88 Å². The minimum absolute atomic E-state index is 0.364. The lowest BCUT2D eigenvalue weighted by Crippen LogP contribution is -2.52. The van der Waals surface area contributed by atoms with E-state index in [0.29, 0.717) is 19.5 Å². The van der Waals surface area contributed by atoms with Gasteiger partial charge in [-0.1, -0.05) is 12.1 Å². The van der Waals surface area contributed by atoms with Crippen LogP contribution in [0.25, 0.3) is 5.57 Å². The van der Waals surface area contributed by atoms with Gasteiger partial charge in [-0.25, -0.2) is 0 Å². The summed E-state index contributed by atoms with van der Waals surface area (Å²) >= 11 is 0. The molecule has 0 aliphatic carbocycles. The number of rotatable bonds is 3. The van der Waals surface area contributed by atoms with Crippen LogP contribution in [0.15, 0.2) is 30.5 Å². The number of hydrogen-bond donors (Lipinski definition) is 1. The van der Waals surface area contributed by atoms with Crippen molar-refractivity contribution in [2.75, 3.05) is 19.6 Å². The fraction of sp³-hybridized carbons (Fsp3) is 0.500. The molecular weight excluding hydrogens is 269 g/mol. The molecule has 2 heterocycles. The van der Waals surface area contributed by atoms with Crippen molar-refractivity contribution in [2.24, 2.45) is 0 Å². The van der Waals surface area contributed by atoms with Crippen molar-refractivity contribution in [2.45, 2.75) is 25.1 Å². The second-order valence-corrected chi connectivity index (χ2v) is 5.22. The third-order valence-electron chi connectivity index (χ3n) is 3.37. The summed E-state index contributed by atoms with van der Waals surface area (Å²) in [6.45, 7) is 1.25. The topological polar surface area (TPSA) is 36.4 Å². The molecule has 3 nitrogen and oxygen atoms in total. The Morgan fingerprint density at radius 3 is 2.70 bits per heavy atom. The Kier molecular flexibility index (Phi) is 4.15. The summed E-state index contributed by atoms with van der Waals surface area (Å²) in [6, 6.07) is 5.46. The van der Waals surface area contributed by atoms with Crippen molar-refractivity contribution >= 4 is 5.57 Å². The van der Waals surface area contributed by atoms with Crippen LogP contribution < -0.4 is 0 Å². The Bertz CT molecular complexity index is 483. The van der Waals surface area contributed by atoms with Gasteiger partial charge in [0.1, 0.15) is 0 Å². The zero-order chi connectivity index (χ0) is 14.8. The third kappa shape index (κ3) is 3.37. The predicted molar refractivity (Wildman–Crippen MR) is 69.9 cm³/mol. The van der Waals surface area contributed by atoms with Crippen LogP contribution in [0.3, 0.4) is 0 Å². The maximum Gasteiger partial charge on any atom is 0.418 e. The highest BCUT2D eigenvalue weighted by Gasteiger charge is 2.50. The molecule has 2 rings (SSSR count). The van der Waals surface area contributed by atoms with Gasteiger partial charge in [-0.15, -0.1) is 0 Å². The summed E-state index contributed by atoms with van der Waals surface area (Å²) in [4.78, 5) is 5.81. The quantitative estimate of drug-likeness (QED) is 0.927. The molecule has 20 heavy (non-hydrogen) atoms. The molecule has 1 aliphatic rings.